The smallest absolute Gasteiger partial charge is 0.408 e. The Balaban J connectivity index is 0.853. The quantitative estimate of drug-likeness (QED) is 0.0383. The molecule has 6 N–H and O–H groups in total. The van der Waals surface area contributed by atoms with Crippen LogP contribution in [-0.4, -0.2) is 166 Å². The number of carbonyl (C=O) groups excluding carboxylic acids is 7. The number of urea groups is 1. The van der Waals surface area contributed by atoms with E-state index in [9.17, 15) is 33.6 Å². The fraction of sp³-hybridized carbons (Fsp3) is 0.723. The molecule has 0 radical (unpaired) electrons. The molecule has 4 aliphatic heterocycles. The predicted molar refractivity (Wildman–Crippen MR) is 251 cm³/mol. The molecule has 0 saturated carbocycles. The number of nitrogens with one attached hydrogen (secondary N) is 6. The standard InChI is InChI=1S/C47H73N7O13S/c1-47(2,3)67-44(59)36-18-17-34-16-15-33(41(43(58)54(34)36)53-46(61)66-28-32-11-5-4-6-12-32)27-50-40(57)30-65-29-39(56)49-20-10-22-63-24-26-64-25-23-62-21-9-19-48-38(55)14-8-7-13-37-42-35(31-68-37)51-45(60)52-42/h4-6,11-12,33-37,41-42H,7-10,13-31H2,1-3H3,(H,48,55)(H,49,56)(H,50,57)(H,53,61)(H2,51,52,60)/t33?,34?,35-,36-,37-,41?,42-/m0/s1. The molecule has 0 aromatic heterocycles. The van der Waals surface area contributed by atoms with Gasteiger partial charge in [0.2, 0.25) is 23.6 Å². The first-order chi connectivity index (χ1) is 32.8. The summed E-state index contributed by atoms with van der Waals surface area (Å²) in [4.78, 5) is 90.7. The topological polar surface area (TPSA) is 250 Å². The molecule has 4 heterocycles. The Labute approximate surface area is 403 Å². The lowest BCUT2D eigenvalue weighted by Gasteiger charge is -2.33. The number of carbonyl (C=O) groups is 7. The zero-order valence-corrected chi connectivity index (χ0v) is 40.7. The minimum Gasteiger partial charge on any atom is -0.458 e. The van der Waals surface area contributed by atoms with Gasteiger partial charge >= 0.3 is 18.1 Å². The summed E-state index contributed by atoms with van der Waals surface area (Å²) < 4.78 is 33.1. The van der Waals surface area contributed by atoms with E-state index in [1.54, 1.807) is 25.7 Å². The van der Waals surface area contributed by atoms with Crippen molar-refractivity contribution in [2.24, 2.45) is 5.92 Å². The van der Waals surface area contributed by atoms with Gasteiger partial charge in [0.25, 0.3) is 0 Å². The Morgan fingerprint density at radius 1 is 0.750 bits per heavy atom. The molecular formula is C47H73N7O13S. The van der Waals surface area contributed by atoms with Crippen molar-refractivity contribution < 1.29 is 62.0 Å². The first-order valence-electron chi connectivity index (χ1n) is 24.1. The molecule has 20 nitrogen and oxygen atoms in total. The van der Waals surface area contributed by atoms with Crippen LogP contribution in [0.2, 0.25) is 0 Å². The van der Waals surface area contributed by atoms with Gasteiger partial charge < -0.3 is 65.2 Å². The second-order valence-electron chi connectivity index (χ2n) is 18.5. The van der Waals surface area contributed by atoms with E-state index in [1.807, 2.05) is 42.1 Å². The first-order valence-corrected chi connectivity index (χ1v) is 25.1. The van der Waals surface area contributed by atoms with Crippen molar-refractivity contribution >= 4 is 53.5 Å². The number of alkyl carbamates (subject to hydrolysis) is 1. The molecule has 0 bridgehead atoms. The fourth-order valence-corrected chi connectivity index (χ4v) is 10.2. The van der Waals surface area contributed by atoms with Crippen molar-refractivity contribution in [2.75, 3.05) is 78.2 Å². The third-order valence-corrected chi connectivity index (χ3v) is 13.5. The van der Waals surface area contributed by atoms with E-state index >= 15 is 0 Å². The van der Waals surface area contributed by atoms with Gasteiger partial charge in [-0.05, 0) is 77.7 Å². The van der Waals surface area contributed by atoms with E-state index in [2.05, 4.69) is 31.9 Å². The normalized spacial score (nSPS) is 23.1. The van der Waals surface area contributed by atoms with Gasteiger partial charge in [0.15, 0.2) is 0 Å². The highest BCUT2D eigenvalue weighted by Crippen LogP contribution is 2.35. The molecular weight excluding hydrogens is 903 g/mol. The maximum Gasteiger partial charge on any atom is 0.408 e. The zero-order chi connectivity index (χ0) is 48.7. The maximum atomic E-state index is 14.2. The molecule has 4 aliphatic rings. The molecule has 21 heteroatoms. The summed E-state index contributed by atoms with van der Waals surface area (Å²) in [5.41, 5.74) is 0.0274. The van der Waals surface area contributed by atoms with Crippen LogP contribution in [-0.2, 0) is 59.0 Å². The molecule has 3 unspecified atom stereocenters. The maximum absolute atomic E-state index is 14.2. The van der Waals surface area contributed by atoms with Crippen molar-refractivity contribution in [3.63, 3.8) is 0 Å². The highest BCUT2D eigenvalue weighted by molar-refractivity contribution is 8.00. The van der Waals surface area contributed by atoms with E-state index < -0.39 is 54.1 Å². The number of hydrogen-bond acceptors (Lipinski definition) is 14. The molecule has 1 aromatic carbocycles. The molecule has 4 fully saturated rings. The SMILES string of the molecule is CC(C)(C)OC(=O)[C@@H]1CCC2CCC(CNC(=O)COCC(=O)NCCCOCCOCCOCCCNC(=O)CCCC[C@@H]3SC[C@@H]4NC(=O)N[C@@H]43)C(NC(=O)OCc3ccccc3)C(=O)N21. The Kier molecular flexibility index (Phi) is 22.9. The summed E-state index contributed by atoms with van der Waals surface area (Å²) in [5, 5.41) is 17.5. The summed E-state index contributed by atoms with van der Waals surface area (Å²) >= 11 is 1.89. The summed E-state index contributed by atoms with van der Waals surface area (Å²) in [6.07, 6.45) is 5.84. The number of amides is 7. The summed E-state index contributed by atoms with van der Waals surface area (Å²) in [7, 11) is 0. The average Bonchev–Trinajstić information content (AvgIpc) is 3.99. The minimum atomic E-state index is -1.08. The van der Waals surface area contributed by atoms with Gasteiger partial charge in [-0.15, -0.1) is 0 Å². The van der Waals surface area contributed by atoms with Crippen molar-refractivity contribution in [3.05, 3.63) is 35.9 Å². The number of rotatable bonds is 29. The monoisotopic (exact) mass is 975 g/mol. The van der Waals surface area contributed by atoms with Gasteiger partial charge in [0, 0.05) is 62.2 Å². The van der Waals surface area contributed by atoms with Gasteiger partial charge in [-0.2, -0.15) is 11.8 Å². The Hall–Kier alpha value is -4.70. The van der Waals surface area contributed by atoms with Crippen LogP contribution in [0.15, 0.2) is 30.3 Å². The molecule has 0 aliphatic carbocycles. The lowest BCUT2D eigenvalue weighted by molar-refractivity contribution is -0.164. The van der Waals surface area contributed by atoms with Crippen molar-refractivity contribution in [1.82, 2.24) is 36.8 Å². The van der Waals surface area contributed by atoms with E-state index in [1.165, 1.54) is 0 Å². The molecule has 68 heavy (non-hydrogen) atoms. The first kappa shape index (κ1) is 54.2. The van der Waals surface area contributed by atoms with Gasteiger partial charge in [-0.1, -0.05) is 36.8 Å². The number of esters is 1. The number of hydrogen-bond donors (Lipinski definition) is 6. The largest absolute Gasteiger partial charge is 0.458 e. The second kappa shape index (κ2) is 28.7. The summed E-state index contributed by atoms with van der Waals surface area (Å²) in [5.74, 6) is -1.35. The van der Waals surface area contributed by atoms with E-state index in [-0.39, 0.29) is 55.7 Å². The minimum absolute atomic E-state index is 0.00645. The van der Waals surface area contributed by atoms with E-state index in [4.69, 9.17) is 28.4 Å². The van der Waals surface area contributed by atoms with Crippen LogP contribution in [0.4, 0.5) is 9.59 Å². The van der Waals surface area contributed by atoms with Gasteiger partial charge in [0.1, 0.15) is 37.5 Å². The van der Waals surface area contributed by atoms with Crippen LogP contribution in [0.5, 0.6) is 0 Å². The molecule has 5 rings (SSSR count). The van der Waals surface area contributed by atoms with Gasteiger partial charge in [-0.25, -0.2) is 14.4 Å². The summed E-state index contributed by atoms with van der Waals surface area (Å²) in [6, 6.07) is 7.36. The predicted octanol–water partition coefficient (Wildman–Crippen LogP) is 2.31. The van der Waals surface area contributed by atoms with Crippen molar-refractivity contribution in [2.45, 2.75) is 133 Å². The number of benzene rings is 1. The Morgan fingerprint density at radius 3 is 2.09 bits per heavy atom. The molecule has 4 saturated heterocycles. The third kappa shape index (κ3) is 19.0. The molecule has 7 amide bonds. The number of thioether (sulfide) groups is 1. The number of ether oxygens (including phenoxy) is 6. The Morgan fingerprint density at radius 2 is 1.40 bits per heavy atom. The van der Waals surface area contributed by atoms with Crippen LogP contribution in [0.1, 0.15) is 90.5 Å². The zero-order valence-electron chi connectivity index (χ0n) is 39.9. The van der Waals surface area contributed by atoms with E-state index in [0.717, 1.165) is 30.6 Å². The average molecular weight is 976 g/mol. The number of unbranched alkanes of at least 4 members (excludes halogenated alkanes) is 1. The van der Waals surface area contributed by atoms with Crippen LogP contribution in [0, 0.1) is 5.92 Å². The Bertz CT molecular complexity index is 1790. The molecule has 1 aromatic rings. The highest BCUT2D eigenvalue weighted by Gasteiger charge is 2.49. The highest BCUT2D eigenvalue weighted by atomic mass is 32.2. The number of fused-ring (bicyclic) bond motifs is 2. The van der Waals surface area contributed by atoms with Crippen molar-refractivity contribution in [1.29, 1.82) is 0 Å². The fourth-order valence-electron chi connectivity index (χ4n) is 8.62. The van der Waals surface area contributed by atoms with E-state index in [0.29, 0.717) is 103 Å². The van der Waals surface area contributed by atoms with Gasteiger partial charge in [0.05, 0.1) is 38.5 Å². The number of nitrogens with zero attached hydrogens (tertiary/aromatic N) is 1. The lowest BCUT2D eigenvalue weighted by atomic mass is 9.93. The molecule has 7 atom stereocenters. The van der Waals surface area contributed by atoms with Crippen LogP contribution >= 0.6 is 11.8 Å². The lowest BCUT2D eigenvalue weighted by Crippen LogP contribution is -2.56. The van der Waals surface area contributed by atoms with Crippen LogP contribution < -0.4 is 31.9 Å². The second-order valence-corrected chi connectivity index (χ2v) is 19.7. The van der Waals surface area contributed by atoms with Crippen LogP contribution in [0.3, 0.4) is 0 Å². The van der Waals surface area contributed by atoms with Crippen molar-refractivity contribution in [3.8, 4) is 0 Å². The molecule has 0 spiro atoms. The summed E-state index contributed by atoms with van der Waals surface area (Å²) in [6.45, 7) is 8.11. The van der Waals surface area contributed by atoms with Gasteiger partial charge in [-0.3, -0.25) is 19.2 Å². The molecule has 380 valence electrons. The third-order valence-electron chi connectivity index (χ3n) is 12.0. The van der Waals surface area contributed by atoms with Crippen LogP contribution in [0.25, 0.3) is 0 Å².